The van der Waals surface area contributed by atoms with Crippen molar-refractivity contribution < 1.29 is 69.1 Å². The second kappa shape index (κ2) is 5.33. The fourth-order valence-corrected chi connectivity index (χ4v) is 0.559. The van der Waals surface area contributed by atoms with E-state index in [9.17, 15) is 8.76 Å². The van der Waals surface area contributed by atoms with Crippen LogP contribution in [0, 0.1) is 0 Å². The van der Waals surface area contributed by atoms with Crippen molar-refractivity contribution in [2.24, 2.45) is 0 Å². The van der Waals surface area contributed by atoms with E-state index in [1.54, 1.807) is 0 Å². The van der Waals surface area contributed by atoms with Crippen LogP contribution in [-0.4, -0.2) is 28.1 Å². The van der Waals surface area contributed by atoms with E-state index in [1.165, 1.54) is 0 Å². The predicted molar refractivity (Wildman–Crippen MR) is 24.6 cm³/mol. The summed E-state index contributed by atoms with van der Waals surface area (Å²) in [5.74, 6) is 0. The Hall–Kier alpha value is 1.67. The molecule has 1 aliphatic heterocycles. The molecule has 0 aromatic rings. The Morgan fingerprint density at radius 2 is 2.44 bits per heavy atom. The zero-order valence-electron chi connectivity index (χ0n) is 5.03. The van der Waals surface area contributed by atoms with E-state index in [4.69, 9.17) is 0 Å². The smallest absolute Gasteiger partial charge is 0.750 e. The van der Waals surface area contributed by atoms with Crippen molar-refractivity contribution in [3.05, 3.63) is 0 Å². The minimum absolute atomic E-state index is 0. The van der Waals surface area contributed by atoms with E-state index in [-0.39, 0.29) is 64.1 Å². The van der Waals surface area contributed by atoms with Crippen molar-refractivity contribution in [2.75, 3.05) is 13.2 Å². The van der Waals surface area contributed by atoms with Gasteiger partial charge in [0.05, 0.1) is 24.6 Å². The van der Waals surface area contributed by atoms with Crippen LogP contribution in [0.1, 0.15) is 0 Å². The molecule has 4 nitrogen and oxygen atoms in total. The maximum Gasteiger partial charge on any atom is 1.00 e. The molecule has 0 aliphatic carbocycles. The number of rotatable bonds is 3. The van der Waals surface area contributed by atoms with Crippen molar-refractivity contribution >= 4 is 11.4 Å². The fourth-order valence-electron chi connectivity index (χ4n) is 0.296. The molecule has 0 bridgehead atoms. The maximum absolute atomic E-state index is 9.65. The Morgan fingerprint density at radius 3 is 2.78 bits per heavy atom. The first-order chi connectivity index (χ1) is 3.79. The van der Waals surface area contributed by atoms with Gasteiger partial charge in [-0.1, -0.05) is 0 Å². The number of epoxide rings is 1. The molecule has 1 saturated heterocycles. The molecule has 1 heterocycles. The molecule has 0 radical (unpaired) electrons. The van der Waals surface area contributed by atoms with E-state index in [0.717, 1.165) is 0 Å². The van der Waals surface area contributed by atoms with Crippen LogP contribution in [0.2, 0.25) is 0 Å². The van der Waals surface area contributed by atoms with Crippen molar-refractivity contribution in [2.45, 2.75) is 6.10 Å². The normalized spacial score (nSPS) is 26.6. The van der Waals surface area contributed by atoms with Gasteiger partial charge in [-0.15, -0.1) is 0 Å². The van der Waals surface area contributed by atoms with Gasteiger partial charge in [-0.25, -0.2) is 4.21 Å². The molecule has 1 fully saturated rings. The van der Waals surface area contributed by atoms with Gasteiger partial charge < -0.3 is 9.29 Å². The molecule has 9 heavy (non-hydrogen) atoms. The molecule has 0 aromatic carbocycles. The third-order valence-corrected chi connectivity index (χ3v) is 1.08. The Morgan fingerprint density at radius 1 is 1.89 bits per heavy atom. The van der Waals surface area contributed by atoms with E-state index in [0.29, 0.717) is 6.61 Å². The third kappa shape index (κ3) is 6.08. The molecule has 1 rings (SSSR count). The first kappa shape index (κ1) is 10.7. The number of hydrogen-bond donors (Lipinski definition) is 0. The van der Waals surface area contributed by atoms with E-state index >= 15 is 0 Å². The Balaban J connectivity index is 0.000000640. The number of ether oxygens (including phenoxy) is 1. The average Bonchev–Trinajstić information content (AvgIpc) is 2.41. The predicted octanol–water partition coefficient (Wildman–Crippen LogP) is -3.80. The summed E-state index contributed by atoms with van der Waals surface area (Å²) >= 11 is -2.38. The summed E-state index contributed by atoms with van der Waals surface area (Å²) in [6.07, 6.45) is 0.0212. The molecule has 0 aromatic heterocycles. The van der Waals surface area contributed by atoms with Crippen molar-refractivity contribution in [3.8, 4) is 0 Å². The SMILES string of the molecule is O=S([O-])OCC1CO1.[K+]. The minimum Gasteiger partial charge on any atom is -0.750 e. The Kier molecular flexibility index (Phi) is 6.32. The molecule has 6 heteroatoms. The quantitative estimate of drug-likeness (QED) is 0.251. The van der Waals surface area contributed by atoms with Crippen LogP contribution < -0.4 is 51.4 Å². The molecular formula is C3H5KO4S. The standard InChI is InChI=1S/C3H6O4S.K/c4-8(5)7-2-3-1-6-3;/h3H,1-2H2,(H,4,5);/q;+1/p-1. The monoisotopic (exact) mass is 176 g/mol. The molecule has 2 unspecified atom stereocenters. The van der Waals surface area contributed by atoms with Crippen molar-refractivity contribution in [1.82, 2.24) is 0 Å². The molecule has 0 N–H and O–H groups in total. The van der Waals surface area contributed by atoms with Crippen LogP contribution in [0.3, 0.4) is 0 Å². The molecular weight excluding hydrogens is 171 g/mol. The second-order valence-electron chi connectivity index (χ2n) is 1.44. The average molecular weight is 176 g/mol. The summed E-state index contributed by atoms with van der Waals surface area (Å²) in [5.41, 5.74) is 0. The summed E-state index contributed by atoms with van der Waals surface area (Å²) in [5, 5.41) is 0. The van der Waals surface area contributed by atoms with Crippen LogP contribution in [0.4, 0.5) is 0 Å². The number of hydrogen-bond acceptors (Lipinski definition) is 4. The topological polar surface area (TPSA) is 61.9 Å². The van der Waals surface area contributed by atoms with Crippen LogP contribution in [0.5, 0.6) is 0 Å². The van der Waals surface area contributed by atoms with E-state index < -0.39 is 11.4 Å². The van der Waals surface area contributed by atoms with Gasteiger partial charge >= 0.3 is 51.4 Å². The first-order valence-corrected chi connectivity index (χ1v) is 3.13. The van der Waals surface area contributed by atoms with Gasteiger partial charge in [-0.2, -0.15) is 0 Å². The molecule has 48 valence electrons. The van der Waals surface area contributed by atoms with Gasteiger partial charge in [-0.3, -0.25) is 4.18 Å². The summed E-state index contributed by atoms with van der Waals surface area (Å²) in [6, 6.07) is 0. The summed E-state index contributed by atoms with van der Waals surface area (Å²) in [6.45, 7) is 0.785. The van der Waals surface area contributed by atoms with Gasteiger partial charge in [0, 0.05) is 0 Å². The van der Waals surface area contributed by atoms with Gasteiger partial charge in [-0.05, 0) is 0 Å². The zero-order valence-corrected chi connectivity index (χ0v) is 8.97. The van der Waals surface area contributed by atoms with Crippen molar-refractivity contribution in [3.63, 3.8) is 0 Å². The van der Waals surface area contributed by atoms with E-state index in [1.807, 2.05) is 0 Å². The van der Waals surface area contributed by atoms with Crippen LogP contribution >= 0.6 is 0 Å². The summed E-state index contributed by atoms with van der Waals surface area (Å²) in [7, 11) is 0. The summed E-state index contributed by atoms with van der Waals surface area (Å²) < 4.78 is 28.1. The Bertz CT molecular complexity index is 104. The van der Waals surface area contributed by atoms with Crippen LogP contribution in [-0.2, 0) is 20.3 Å². The third-order valence-electron chi connectivity index (χ3n) is 0.753. The van der Waals surface area contributed by atoms with Crippen LogP contribution in [0.15, 0.2) is 0 Å². The van der Waals surface area contributed by atoms with E-state index in [2.05, 4.69) is 8.92 Å². The second-order valence-corrected chi connectivity index (χ2v) is 2.09. The van der Waals surface area contributed by atoms with Gasteiger partial charge in [0.15, 0.2) is 0 Å². The molecule has 0 spiro atoms. The molecule has 0 amide bonds. The zero-order chi connectivity index (χ0) is 5.98. The molecule has 0 saturated carbocycles. The molecule has 1 aliphatic rings. The minimum atomic E-state index is -2.38. The first-order valence-electron chi connectivity index (χ1n) is 2.13. The maximum atomic E-state index is 9.65. The van der Waals surface area contributed by atoms with Gasteiger partial charge in [0.2, 0.25) is 0 Å². The van der Waals surface area contributed by atoms with Crippen LogP contribution in [0.25, 0.3) is 0 Å². The Labute approximate surface area is 98.2 Å². The molecule has 2 atom stereocenters. The summed E-state index contributed by atoms with van der Waals surface area (Å²) in [4.78, 5) is 0. The van der Waals surface area contributed by atoms with Gasteiger partial charge in [0.1, 0.15) is 6.10 Å². The fraction of sp³-hybridized carbons (Fsp3) is 1.00. The van der Waals surface area contributed by atoms with Crippen molar-refractivity contribution in [1.29, 1.82) is 0 Å². The largest absolute Gasteiger partial charge is 1.00 e. The van der Waals surface area contributed by atoms with Gasteiger partial charge in [0.25, 0.3) is 0 Å².